The molecule has 0 aliphatic carbocycles. The van der Waals surface area contributed by atoms with Gasteiger partial charge in [0, 0.05) is 36.3 Å². The fourth-order valence-electron chi connectivity index (χ4n) is 3.76. The van der Waals surface area contributed by atoms with Crippen molar-refractivity contribution in [2.45, 2.75) is 46.1 Å². The highest BCUT2D eigenvalue weighted by molar-refractivity contribution is 7.19. The predicted octanol–water partition coefficient (Wildman–Crippen LogP) is 5.72. The van der Waals surface area contributed by atoms with E-state index < -0.39 is 0 Å². The van der Waals surface area contributed by atoms with Gasteiger partial charge in [-0.25, -0.2) is 0 Å². The molecule has 0 bridgehead atoms. The van der Waals surface area contributed by atoms with E-state index in [1.165, 1.54) is 16.0 Å². The summed E-state index contributed by atoms with van der Waals surface area (Å²) in [7, 11) is 0. The molecule has 4 aromatic rings. The van der Waals surface area contributed by atoms with Crippen LogP contribution in [0.25, 0.3) is 10.2 Å². The van der Waals surface area contributed by atoms with Gasteiger partial charge in [-0.1, -0.05) is 51.1 Å². The molecular formula is C26H29N3OS. The first-order valence-corrected chi connectivity index (χ1v) is 11.5. The van der Waals surface area contributed by atoms with Crippen molar-refractivity contribution in [3.63, 3.8) is 0 Å². The van der Waals surface area contributed by atoms with E-state index >= 15 is 0 Å². The molecule has 0 aliphatic heterocycles. The minimum Gasteiger partial charge on any atom is -0.350 e. The molecule has 1 N–H and O–H groups in total. The molecule has 4 rings (SSSR count). The van der Waals surface area contributed by atoms with Gasteiger partial charge in [0.15, 0.2) is 0 Å². The van der Waals surface area contributed by atoms with E-state index in [9.17, 15) is 4.79 Å². The second-order valence-corrected chi connectivity index (χ2v) is 10.3. The summed E-state index contributed by atoms with van der Waals surface area (Å²) < 4.78 is 3.29. The van der Waals surface area contributed by atoms with Crippen LogP contribution in [0.5, 0.6) is 0 Å². The van der Waals surface area contributed by atoms with Crippen molar-refractivity contribution in [3.05, 3.63) is 88.2 Å². The molecule has 3 heterocycles. The van der Waals surface area contributed by atoms with Gasteiger partial charge < -0.3 is 9.88 Å². The molecule has 5 heteroatoms. The average Bonchev–Trinajstić information content (AvgIpc) is 3.25. The van der Waals surface area contributed by atoms with Gasteiger partial charge in [-0.15, -0.1) is 11.3 Å². The Bertz CT molecular complexity index is 1180. The first-order chi connectivity index (χ1) is 14.8. The summed E-state index contributed by atoms with van der Waals surface area (Å²) in [6.07, 6.45) is 2.50. The third kappa shape index (κ3) is 4.88. The van der Waals surface area contributed by atoms with E-state index in [0.29, 0.717) is 18.8 Å². The number of amides is 1. The van der Waals surface area contributed by atoms with Crippen LogP contribution in [0.4, 0.5) is 0 Å². The van der Waals surface area contributed by atoms with Gasteiger partial charge in [-0.3, -0.25) is 9.78 Å². The van der Waals surface area contributed by atoms with Crippen LogP contribution in [0.2, 0.25) is 0 Å². The largest absolute Gasteiger partial charge is 0.350 e. The smallest absolute Gasteiger partial charge is 0.267 e. The second-order valence-electron chi connectivity index (χ2n) is 9.00. The van der Waals surface area contributed by atoms with E-state index in [1.54, 1.807) is 17.5 Å². The van der Waals surface area contributed by atoms with Crippen molar-refractivity contribution >= 4 is 27.5 Å². The van der Waals surface area contributed by atoms with E-state index in [2.05, 4.69) is 72.9 Å². The van der Waals surface area contributed by atoms with Gasteiger partial charge in [0.1, 0.15) is 5.69 Å². The highest BCUT2D eigenvalue weighted by Gasteiger charge is 2.18. The number of carbonyl (C=O) groups excluding carboxylic acids is 1. The number of hydrogen-bond acceptors (Lipinski definition) is 3. The Morgan fingerprint density at radius 3 is 2.55 bits per heavy atom. The number of aromatic nitrogens is 2. The fraction of sp³-hybridized carbons (Fsp3) is 0.308. The van der Waals surface area contributed by atoms with Gasteiger partial charge >= 0.3 is 0 Å². The highest BCUT2D eigenvalue weighted by atomic mass is 32.1. The summed E-state index contributed by atoms with van der Waals surface area (Å²) in [5.41, 5.74) is 5.44. The van der Waals surface area contributed by atoms with E-state index in [-0.39, 0.29) is 11.3 Å². The van der Waals surface area contributed by atoms with Crippen molar-refractivity contribution in [2.75, 3.05) is 6.54 Å². The zero-order valence-electron chi connectivity index (χ0n) is 18.6. The van der Waals surface area contributed by atoms with Crippen molar-refractivity contribution in [2.24, 2.45) is 0 Å². The average molecular weight is 432 g/mol. The lowest BCUT2D eigenvalue weighted by Gasteiger charge is -2.19. The minimum absolute atomic E-state index is 0.0386. The number of nitrogens with zero attached hydrogens (tertiary/aromatic N) is 2. The summed E-state index contributed by atoms with van der Waals surface area (Å²) in [5, 5.41) is 3.07. The molecule has 0 radical (unpaired) electrons. The molecule has 1 aromatic carbocycles. The molecule has 31 heavy (non-hydrogen) atoms. The van der Waals surface area contributed by atoms with E-state index in [4.69, 9.17) is 0 Å². The zero-order valence-corrected chi connectivity index (χ0v) is 19.4. The first kappa shape index (κ1) is 21.3. The highest BCUT2D eigenvalue weighted by Crippen LogP contribution is 2.30. The molecule has 0 spiro atoms. The van der Waals surface area contributed by atoms with Crippen LogP contribution in [0.1, 0.15) is 53.0 Å². The van der Waals surface area contributed by atoms with Gasteiger partial charge in [-0.05, 0) is 47.7 Å². The summed E-state index contributed by atoms with van der Waals surface area (Å²) >= 11 is 1.73. The molecule has 0 aliphatic rings. The topological polar surface area (TPSA) is 46.9 Å². The number of pyridine rings is 1. The predicted molar refractivity (Wildman–Crippen MR) is 129 cm³/mol. The van der Waals surface area contributed by atoms with Crippen LogP contribution in [0.15, 0.2) is 60.8 Å². The Labute approximate surface area is 188 Å². The van der Waals surface area contributed by atoms with Crippen molar-refractivity contribution in [1.29, 1.82) is 0 Å². The van der Waals surface area contributed by atoms with Gasteiger partial charge in [0.2, 0.25) is 0 Å². The molecule has 160 valence electrons. The molecule has 0 fully saturated rings. The van der Waals surface area contributed by atoms with Crippen LogP contribution in [-0.2, 0) is 18.4 Å². The lowest BCUT2D eigenvalue weighted by Crippen LogP contribution is -2.28. The van der Waals surface area contributed by atoms with Crippen molar-refractivity contribution in [1.82, 2.24) is 14.9 Å². The van der Waals surface area contributed by atoms with Crippen LogP contribution in [-0.4, -0.2) is 22.0 Å². The molecule has 0 unspecified atom stereocenters. The lowest BCUT2D eigenvalue weighted by atomic mass is 9.87. The Balaban J connectivity index is 1.55. The van der Waals surface area contributed by atoms with Gasteiger partial charge in [-0.2, -0.15) is 0 Å². The quantitative estimate of drug-likeness (QED) is 0.424. The maximum absolute atomic E-state index is 13.0. The number of hydrogen-bond donors (Lipinski definition) is 1. The summed E-state index contributed by atoms with van der Waals surface area (Å²) in [5.74, 6) is -0.0386. The number of aryl methyl sites for hydroxylation is 1. The molecule has 0 atom stereocenters. The summed E-state index contributed by atoms with van der Waals surface area (Å²) in [4.78, 5) is 18.6. The van der Waals surface area contributed by atoms with E-state index in [1.807, 2.05) is 24.3 Å². The molecule has 1 amide bonds. The Hall–Kier alpha value is -2.92. The van der Waals surface area contributed by atoms with Crippen molar-refractivity contribution in [3.8, 4) is 0 Å². The summed E-state index contributed by atoms with van der Waals surface area (Å²) in [6.45, 7) is 10.0. The van der Waals surface area contributed by atoms with Crippen LogP contribution in [0, 0.1) is 6.92 Å². The molecule has 3 aromatic heterocycles. The third-order valence-corrected chi connectivity index (χ3v) is 6.49. The first-order valence-electron chi connectivity index (χ1n) is 10.7. The standard InChI is InChI=1S/C26H29N3OS/c1-18-15-22-24(31-18)16-23(25(30)28-14-12-21-7-5-6-13-27-21)29(22)17-19-8-10-20(11-9-19)26(2,3)4/h5-11,13,15-16H,12,14,17H2,1-4H3,(H,28,30). The van der Waals surface area contributed by atoms with Crippen LogP contribution in [0.3, 0.4) is 0 Å². The number of benzene rings is 1. The van der Waals surface area contributed by atoms with Gasteiger partial charge in [0.05, 0.1) is 10.2 Å². The second kappa shape index (κ2) is 8.67. The maximum Gasteiger partial charge on any atom is 0.267 e. The minimum atomic E-state index is -0.0386. The third-order valence-electron chi connectivity index (χ3n) is 5.50. The van der Waals surface area contributed by atoms with E-state index in [0.717, 1.165) is 22.3 Å². The molecule has 0 saturated carbocycles. The fourth-order valence-corrected chi connectivity index (χ4v) is 4.72. The summed E-state index contributed by atoms with van der Waals surface area (Å²) in [6, 6.07) is 18.8. The molecular weight excluding hydrogens is 402 g/mol. The van der Waals surface area contributed by atoms with Gasteiger partial charge in [0.25, 0.3) is 5.91 Å². The zero-order chi connectivity index (χ0) is 22.0. The Morgan fingerprint density at radius 1 is 1.10 bits per heavy atom. The number of rotatable bonds is 6. The Kier molecular flexibility index (Phi) is 5.96. The molecule has 0 saturated heterocycles. The number of carbonyl (C=O) groups is 1. The van der Waals surface area contributed by atoms with Crippen LogP contribution >= 0.6 is 11.3 Å². The normalized spacial score (nSPS) is 11.7. The number of fused-ring (bicyclic) bond motifs is 1. The number of nitrogens with one attached hydrogen (secondary N) is 1. The molecule has 4 nitrogen and oxygen atoms in total. The Morgan fingerprint density at radius 2 is 1.87 bits per heavy atom. The lowest BCUT2D eigenvalue weighted by molar-refractivity contribution is 0.0945. The maximum atomic E-state index is 13.0. The SMILES string of the molecule is Cc1cc2c(cc(C(=O)NCCc3ccccn3)n2Cc2ccc(C(C)(C)C)cc2)s1. The van der Waals surface area contributed by atoms with Crippen molar-refractivity contribution < 1.29 is 4.79 Å². The van der Waals surface area contributed by atoms with Crippen LogP contribution < -0.4 is 5.32 Å². The number of thiophene rings is 1. The monoisotopic (exact) mass is 431 g/mol.